The minimum absolute atomic E-state index is 0.0162. The molecule has 0 aliphatic carbocycles. The van der Waals surface area contributed by atoms with Gasteiger partial charge in [0.2, 0.25) is 0 Å². The number of ether oxygens (including phenoxy) is 1. The van der Waals surface area contributed by atoms with Gasteiger partial charge in [-0.1, -0.05) is 12.8 Å². The zero-order valence-corrected chi connectivity index (χ0v) is 17.3. The number of aromatic nitrogens is 2. The van der Waals surface area contributed by atoms with Crippen LogP contribution in [0.1, 0.15) is 66.0 Å². The van der Waals surface area contributed by atoms with Crippen LogP contribution in [0.2, 0.25) is 0 Å². The van der Waals surface area contributed by atoms with Crippen LogP contribution in [0, 0.1) is 6.92 Å². The smallest absolute Gasteiger partial charge is 0.305 e. The SMILES string of the molecule is COC(=O)CCCCCNC(=O)c1sc2nc3n(c(=O)c2c1C)CCCCC3. The van der Waals surface area contributed by atoms with E-state index in [1.54, 1.807) is 4.57 Å². The molecular formula is C20H27N3O4S. The molecule has 7 nitrogen and oxygen atoms in total. The summed E-state index contributed by atoms with van der Waals surface area (Å²) >= 11 is 1.30. The molecule has 1 aliphatic heterocycles. The Morgan fingerprint density at radius 1 is 1.21 bits per heavy atom. The van der Waals surface area contributed by atoms with Gasteiger partial charge in [0.05, 0.1) is 17.4 Å². The highest BCUT2D eigenvalue weighted by Gasteiger charge is 2.22. The fourth-order valence-electron chi connectivity index (χ4n) is 3.58. The van der Waals surface area contributed by atoms with E-state index in [1.807, 2.05) is 6.92 Å². The number of esters is 1. The van der Waals surface area contributed by atoms with Crippen molar-refractivity contribution in [1.82, 2.24) is 14.9 Å². The van der Waals surface area contributed by atoms with Crippen LogP contribution in [0.4, 0.5) is 0 Å². The lowest BCUT2D eigenvalue weighted by molar-refractivity contribution is -0.140. The van der Waals surface area contributed by atoms with Gasteiger partial charge in [-0.15, -0.1) is 11.3 Å². The molecule has 0 fully saturated rings. The molecule has 2 aromatic heterocycles. The third kappa shape index (κ3) is 4.43. The first-order valence-corrected chi connectivity index (χ1v) is 10.7. The largest absolute Gasteiger partial charge is 0.469 e. The van der Waals surface area contributed by atoms with Gasteiger partial charge in [0, 0.05) is 25.9 Å². The molecule has 0 spiro atoms. The van der Waals surface area contributed by atoms with Gasteiger partial charge in [-0.3, -0.25) is 19.0 Å². The topological polar surface area (TPSA) is 90.3 Å². The molecule has 2 aromatic rings. The molecule has 0 unspecified atom stereocenters. The lowest BCUT2D eigenvalue weighted by Crippen LogP contribution is -2.25. The molecule has 0 radical (unpaired) electrons. The average molecular weight is 406 g/mol. The molecule has 1 aliphatic rings. The molecule has 152 valence electrons. The molecule has 1 N–H and O–H groups in total. The summed E-state index contributed by atoms with van der Waals surface area (Å²) in [5.41, 5.74) is 0.706. The molecule has 3 rings (SSSR count). The van der Waals surface area contributed by atoms with Crippen molar-refractivity contribution in [2.45, 2.75) is 64.8 Å². The fourth-order valence-corrected chi connectivity index (χ4v) is 4.69. The number of nitrogens with zero attached hydrogens (tertiary/aromatic N) is 2. The van der Waals surface area contributed by atoms with Crippen LogP contribution in [0.25, 0.3) is 10.2 Å². The molecule has 0 aromatic carbocycles. The van der Waals surface area contributed by atoms with Gasteiger partial charge in [-0.2, -0.15) is 0 Å². The molecule has 8 heteroatoms. The van der Waals surface area contributed by atoms with Gasteiger partial charge in [0.25, 0.3) is 11.5 Å². The van der Waals surface area contributed by atoms with E-state index < -0.39 is 0 Å². The van der Waals surface area contributed by atoms with E-state index in [-0.39, 0.29) is 17.4 Å². The van der Waals surface area contributed by atoms with Crippen LogP contribution in [0.15, 0.2) is 4.79 Å². The van der Waals surface area contributed by atoms with E-state index in [9.17, 15) is 14.4 Å². The number of carbonyl (C=O) groups excluding carboxylic acids is 2. The Morgan fingerprint density at radius 3 is 2.82 bits per heavy atom. The third-order valence-corrected chi connectivity index (χ3v) is 6.37. The van der Waals surface area contributed by atoms with Gasteiger partial charge < -0.3 is 10.1 Å². The van der Waals surface area contributed by atoms with Crippen LogP contribution < -0.4 is 10.9 Å². The first-order valence-electron chi connectivity index (χ1n) is 9.90. The number of methoxy groups -OCH3 is 1. The number of amides is 1. The Morgan fingerprint density at radius 2 is 2.04 bits per heavy atom. The monoisotopic (exact) mass is 405 g/mol. The number of hydrogen-bond donors (Lipinski definition) is 1. The van der Waals surface area contributed by atoms with Crippen molar-refractivity contribution in [3.05, 3.63) is 26.6 Å². The standard InChI is InChI=1S/C20H27N3O4S/c1-13-16-19(22-14-9-5-4-8-12-23(14)20(16)26)28-17(13)18(25)21-11-7-3-6-10-15(24)27-2/h3-12H2,1-2H3,(H,21,25). The van der Waals surface area contributed by atoms with Gasteiger partial charge >= 0.3 is 5.97 Å². The summed E-state index contributed by atoms with van der Waals surface area (Å²) in [6.45, 7) is 3.08. The Kier molecular flexibility index (Phi) is 6.83. The zero-order valence-electron chi connectivity index (χ0n) is 16.5. The number of rotatable bonds is 7. The van der Waals surface area contributed by atoms with E-state index in [1.165, 1.54) is 18.4 Å². The summed E-state index contributed by atoms with van der Waals surface area (Å²) in [6, 6.07) is 0. The Balaban J connectivity index is 1.67. The Bertz CT molecular complexity index is 932. The summed E-state index contributed by atoms with van der Waals surface area (Å²) in [5, 5.41) is 3.50. The van der Waals surface area contributed by atoms with Gasteiger partial charge in [-0.05, 0) is 38.2 Å². The van der Waals surface area contributed by atoms with Crippen molar-refractivity contribution in [2.75, 3.05) is 13.7 Å². The van der Waals surface area contributed by atoms with Crippen molar-refractivity contribution in [2.24, 2.45) is 0 Å². The van der Waals surface area contributed by atoms with Crippen LogP contribution >= 0.6 is 11.3 Å². The van der Waals surface area contributed by atoms with Crippen molar-refractivity contribution in [3.8, 4) is 0 Å². The number of aryl methyl sites for hydroxylation is 2. The van der Waals surface area contributed by atoms with E-state index in [0.717, 1.165) is 56.3 Å². The summed E-state index contributed by atoms with van der Waals surface area (Å²) < 4.78 is 6.40. The second-order valence-corrected chi connectivity index (χ2v) is 8.17. The van der Waals surface area contributed by atoms with Gasteiger partial charge in [0.15, 0.2) is 0 Å². The molecule has 3 heterocycles. The van der Waals surface area contributed by atoms with E-state index in [0.29, 0.717) is 34.6 Å². The van der Waals surface area contributed by atoms with Crippen molar-refractivity contribution < 1.29 is 14.3 Å². The number of unbranched alkanes of at least 4 members (excludes halogenated alkanes) is 2. The van der Waals surface area contributed by atoms with E-state index >= 15 is 0 Å². The van der Waals surface area contributed by atoms with E-state index in [4.69, 9.17) is 4.98 Å². The molecule has 1 amide bonds. The van der Waals surface area contributed by atoms with Gasteiger partial charge in [-0.25, -0.2) is 4.98 Å². The Labute approximate surface area is 168 Å². The number of thiophene rings is 1. The molecule has 0 saturated carbocycles. The number of nitrogens with one attached hydrogen (secondary N) is 1. The minimum atomic E-state index is -0.206. The van der Waals surface area contributed by atoms with Crippen molar-refractivity contribution in [1.29, 1.82) is 0 Å². The molecule has 0 atom stereocenters. The zero-order chi connectivity index (χ0) is 20.1. The normalized spacial score (nSPS) is 13.8. The Hall–Kier alpha value is -2.22. The second-order valence-electron chi connectivity index (χ2n) is 7.17. The fraction of sp³-hybridized carbons (Fsp3) is 0.600. The number of carbonyl (C=O) groups is 2. The van der Waals surface area contributed by atoms with Crippen LogP contribution in [-0.2, 0) is 22.5 Å². The minimum Gasteiger partial charge on any atom is -0.469 e. The highest BCUT2D eigenvalue weighted by molar-refractivity contribution is 7.20. The molecular weight excluding hydrogens is 378 g/mol. The summed E-state index contributed by atoms with van der Waals surface area (Å²) in [6.07, 6.45) is 6.76. The lowest BCUT2D eigenvalue weighted by Gasteiger charge is -2.08. The van der Waals surface area contributed by atoms with E-state index in [2.05, 4.69) is 10.1 Å². The number of hydrogen-bond acceptors (Lipinski definition) is 6. The third-order valence-electron chi connectivity index (χ3n) is 5.19. The van der Waals surface area contributed by atoms with Crippen LogP contribution in [0.3, 0.4) is 0 Å². The summed E-state index contributed by atoms with van der Waals surface area (Å²) in [5.74, 6) is 0.476. The molecule has 0 bridgehead atoms. The molecule has 28 heavy (non-hydrogen) atoms. The second kappa shape index (κ2) is 9.32. The maximum Gasteiger partial charge on any atom is 0.305 e. The van der Waals surface area contributed by atoms with Crippen LogP contribution in [-0.4, -0.2) is 35.1 Å². The predicted molar refractivity (Wildman–Crippen MR) is 109 cm³/mol. The number of fused-ring (bicyclic) bond motifs is 2. The highest BCUT2D eigenvalue weighted by Crippen LogP contribution is 2.28. The predicted octanol–water partition coefficient (Wildman–Crippen LogP) is 2.96. The van der Waals surface area contributed by atoms with Crippen molar-refractivity contribution in [3.63, 3.8) is 0 Å². The maximum absolute atomic E-state index is 13.0. The quantitative estimate of drug-likeness (QED) is 0.565. The van der Waals surface area contributed by atoms with Crippen molar-refractivity contribution >= 4 is 33.4 Å². The maximum atomic E-state index is 13.0. The highest BCUT2D eigenvalue weighted by atomic mass is 32.1. The lowest BCUT2D eigenvalue weighted by atomic mass is 10.2. The average Bonchev–Trinajstić information content (AvgIpc) is 2.86. The first-order chi connectivity index (χ1) is 13.5. The molecule has 0 saturated heterocycles. The summed E-state index contributed by atoms with van der Waals surface area (Å²) in [7, 11) is 1.38. The van der Waals surface area contributed by atoms with Gasteiger partial charge in [0.1, 0.15) is 10.7 Å². The first kappa shape index (κ1) is 20.5. The summed E-state index contributed by atoms with van der Waals surface area (Å²) in [4.78, 5) is 42.6. The van der Waals surface area contributed by atoms with Crippen LogP contribution in [0.5, 0.6) is 0 Å².